The Morgan fingerprint density at radius 3 is 2.89 bits per heavy atom. The van der Waals surface area contributed by atoms with Gasteiger partial charge in [0.2, 0.25) is 0 Å². The van der Waals surface area contributed by atoms with Crippen LogP contribution in [0, 0.1) is 0 Å². The molecule has 0 bridgehead atoms. The van der Waals surface area contributed by atoms with E-state index in [1.54, 1.807) is 31.4 Å². The van der Waals surface area contributed by atoms with E-state index in [-0.39, 0.29) is 11.5 Å². The van der Waals surface area contributed by atoms with Crippen LogP contribution in [0.25, 0.3) is 11.3 Å². The number of nitrogens with two attached hydrogens (primary N) is 1. The van der Waals surface area contributed by atoms with Gasteiger partial charge in [0, 0.05) is 5.56 Å². The lowest BCUT2D eigenvalue weighted by molar-refractivity contribution is 0.0691. The molecule has 1 heterocycles. The molecule has 0 radical (unpaired) electrons. The van der Waals surface area contributed by atoms with Crippen LogP contribution in [0.3, 0.4) is 0 Å². The second kappa shape index (κ2) is 4.70. The summed E-state index contributed by atoms with van der Waals surface area (Å²) in [6, 6.07) is 7.10. The van der Waals surface area contributed by atoms with E-state index in [9.17, 15) is 4.79 Å². The minimum Gasteiger partial charge on any atom is -0.497 e. The van der Waals surface area contributed by atoms with Gasteiger partial charge in [0.15, 0.2) is 11.5 Å². The lowest BCUT2D eigenvalue weighted by Crippen LogP contribution is -2.08. The second-order valence-corrected chi connectivity index (χ2v) is 3.53. The van der Waals surface area contributed by atoms with Crippen molar-refractivity contribution >= 4 is 11.8 Å². The fourth-order valence-electron chi connectivity index (χ4n) is 1.48. The Labute approximate surface area is 103 Å². The molecule has 18 heavy (non-hydrogen) atoms. The third-order valence-corrected chi connectivity index (χ3v) is 2.37. The van der Waals surface area contributed by atoms with E-state index in [0.29, 0.717) is 17.0 Å². The molecular formula is C12H11N3O3. The standard InChI is InChI=1S/C12H11N3O3/c1-18-8-4-2-3-7(5-8)9-6-14-11(13)10(15-9)12(16)17/h2-6H,1H3,(H2,13,14)(H,16,17). The molecule has 0 amide bonds. The lowest BCUT2D eigenvalue weighted by Gasteiger charge is -2.05. The summed E-state index contributed by atoms with van der Waals surface area (Å²) in [5.74, 6) is -0.651. The van der Waals surface area contributed by atoms with Crippen molar-refractivity contribution in [2.45, 2.75) is 0 Å². The van der Waals surface area contributed by atoms with E-state index >= 15 is 0 Å². The molecule has 6 nitrogen and oxygen atoms in total. The number of anilines is 1. The van der Waals surface area contributed by atoms with Crippen LogP contribution >= 0.6 is 0 Å². The first-order valence-corrected chi connectivity index (χ1v) is 5.12. The van der Waals surface area contributed by atoms with Crippen molar-refractivity contribution in [3.05, 3.63) is 36.2 Å². The maximum absolute atomic E-state index is 10.9. The fraction of sp³-hybridized carbons (Fsp3) is 0.0833. The van der Waals surface area contributed by atoms with Crippen LogP contribution in [0.15, 0.2) is 30.5 Å². The van der Waals surface area contributed by atoms with E-state index in [1.165, 1.54) is 6.20 Å². The fourth-order valence-corrected chi connectivity index (χ4v) is 1.48. The van der Waals surface area contributed by atoms with E-state index in [1.807, 2.05) is 0 Å². The van der Waals surface area contributed by atoms with Crippen LogP contribution in [0.5, 0.6) is 5.75 Å². The zero-order valence-electron chi connectivity index (χ0n) is 9.62. The topological polar surface area (TPSA) is 98.3 Å². The molecule has 3 N–H and O–H groups in total. The summed E-state index contributed by atoms with van der Waals surface area (Å²) >= 11 is 0. The van der Waals surface area contributed by atoms with Crippen molar-refractivity contribution in [2.24, 2.45) is 0 Å². The second-order valence-electron chi connectivity index (χ2n) is 3.53. The molecule has 2 aromatic rings. The summed E-state index contributed by atoms with van der Waals surface area (Å²) in [5, 5.41) is 8.93. The van der Waals surface area contributed by atoms with Gasteiger partial charge in [0.1, 0.15) is 5.75 Å². The number of aromatic carboxylic acids is 1. The Kier molecular flexibility index (Phi) is 3.09. The quantitative estimate of drug-likeness (QED) is 0.848. The van der Waals surface area contributed by atoms with Crippen molar-refractivity contribution in [1.82, 2.24) is 9.97 Å². The highest BCUT2D eigenvalue weighted by Gasteiger charge is 2.13. The van der Waals surface area contributed by atoms with Gasteiger partial charge in [-0.3, -0.25) is 0 Å². The van der Waals surface area contributed by atoms with Crippen molar-refractivity contribution in [3.8, 4) is 17.0 Å². The van der Waals surface area contributed by atoms with Gasteiger partial charge in [0.25, 0.3) is 0 Å². The first-order valence-electron chi connectivity index (χ1n) is 5.12. The molecule has 0 atom stereocenters. The van der Waals surface area contributed by atoms with Crippen molar-refractivity contribution in [3.63, 3.8) is 0 Å². The molecule has 6 heteroatoms. The summed E-state index contributed by atoms with van der Waals surface area (Å²) in [7, 11) is 1.55. The molecule has 0 spiro atoms. The van der Waals surface area contributed by atoms with E-state index < -0.39 is 5.97 Å². The Balaban J connectivity index is 2.50. The predicted molar refractivity (Wildman–Crippen MR) is 65.4 cm³/mol. The van der Waals surface area contributed by atoms with Gasteiger partial charge < -0.3 is 15.6 Å². The molecule has 92 valence electrons. The molecule has 0 unspecified atom stereocenters. The number of carboxylic acids is 1. The zero-order chi connectivity index (χ0) is 13.1. The predicted octanol–water partition coefficient (Wildman–Crippen LogP) is 1.43. The van der Waals surface area contributed by atoms with Gasteiger partial charge in [-0.25, -0.2) is 14.8 Å². The number of benzene rings is 1. The van der Waals surface area contributed by atoms with Crippen LogP contribution in [-0.2, 0) is 0 Å². The summed E-state index contributed by atoms with van der Waals surface area (Å²) in [4.78, 5) is 18.7. The van der Waals surface area contributed by atoms with Gasteiger partial charge in [-0.2, -0.15) is 0 Å². The Morgan fingerprint density at radius 2 is 2.22 bits per heavy atom. The van der Waals surface area contributed by atoms with Crippen LogP contribution in [0.4, 0.5) is 5.82 Å². The van der Waals surface area contributed by atoms with Crippen LogP contribution < -0.4 is 10.5 Å². The first kappa shape index (κ1) is 11.8. The first-order chi connectivity index (χ1) is 8.61. The number of methoxy groups -OCH3 is 1. The van der Waals surface area contributed by atoms with Crippen LogP contribution in [0.2, 0.25) is 0 Å². The molecule has 1 aromatic carbocycles. The number of nitrogen functional groups attached to an aromatic ring is 1. The Hall–Kier alpha value is -2.63. The molecule has 1 aromatic heterocycles. The van der Waals surface area contributed by atoms with Crippen molar-refractivity contribution in [1.29, 1.82) is 0 Å². The summed E-state index contributed by atoms with van der Waals surface area (Å²) in [5.41, 5.74) is 6.33. The maximum atomic E-state index is 10.9. The molecule has 2 rings (SSSR count). The highest BCUT2D eigenvalue weighted by Crippen LogP contribution is 2.22. The van der Waals surface area contributed by atoms with Crippen molar-refractivity contribution in [2.75, 3.05) is 12.8 Å². The number of nitrogens with zero attached hydrogens (tertiary/aromatic N) is 2. The number of hydrogen-bond donors (Lipinski definition) is 2. The number of carboxylic acid groups (broad SMARTS) is 1. The molecule has 0 saturated carbocycles. The third-order valence-electron chi connectivity index (χ3n) is 2.37. The van der Waals surface area contributed by atoms with Gasteiger partial charge in [-0.1, -0.05) is 12.1 Å². The van der Waals surface area contributed by atoms with Gasteiger partial charge in [-0.15, -0.1) is 0 Å². The third kappa shape index (κ3) is 2.22. The van der Waals surface area contributed by atoms with Gasteiger partial charge >= 0.3 is 5.97 Å². The Bertz CT molecular complexity index is 599. The van der Waals surface area contributed by atoms with Crippen molar-refractivity contribution < 1.29 is 14.6 Å². The number of rotatable bonds is 3. The molecule has 0 saturated heterocycles. The largest absolute Gasteiger partial charge is 0.497 e. The molecule has 0 aliphatic rings. The summed E-state index contributed by atoms with van der Waals surface area (Å²) in [6.45, 7) is 0. The smallest absolute Gasteiger partial charge is 0.358 e. The average Bonchev–Trinajstić information content (AvgIpc) is 2.39. The number of carbonyl (C=O) groups is 1. The number of ether oxygens (including phenoxy) is 1. The van der Waals surface area contributed by atoms with E-state index in [4.69, 9.17) is 15.6 Å². The highest BCUT2D eigenvalue weighted by atomic mass is 16.5. The molecular weight excluding hydrogens is 234 g/mol. The molecule has 0 aliphatic carbocycles. The molecule has 0 fully saturated rings. The minimum absolute atomic E-state index is 0.103. The zero-order valence-corrected chi connectivity index (χ0v) is 9.62. The minimum atomic E-state index is -1.20. The number of aromatic nitrogens is 2. The maximum Gasteiger partial charge on any atom is 0.358 e. The van der Waals surface area contributed by atoms with E-state index in [0.717, 1.165) is 0 Å². The van der Waals surface area contributed by atoms with Crippen LogP contribution in [-0.4, -0.2) is 28.2 Å². The summed E-state index contributed by atoms with van der Waals surface area (Å²) < 4.78 is 5.09. The van der Waals surface area contributed by atoms with Crippen LogP contribution in [0.1, 0.15) is 10.5 Å². The highest BCUT2D eigenvalue weighted by molar-refractivity contribution is 5.90. The Morgan fingerprint density at radius 1 is 1.44 bits per heavy atom. The normalized spacial score (nSPS) is 10.1. The van der Waals surface area contributed by atoms with Gasteiger partial charge in [-0.05, 0) is 12.1 Å². The number of hydrogen-bond acceptors (Lipinski definition) is 5. The lowest BCUT2D eigenvalue weighted by atomic mass is 10.1. The molecule has 0 aliphatic heterocycles. The average molecular weight is 245 g/mol. The van der Waals surface area contributed by atoms with Gasteiger partial charge in [0.05, 0.1) is 19.0 Å². The monoisotopic (exact) mass is 245 g/mol. The summed E-state index contributed by atoms with van der Waals surface area (Å²) in [6.07, 6.45) is 1.43. The SMILES string of the molecule is COc1cccc(-c2cnc(N)c(C(=O)O)n2)c1. The van der Waals surface area contributed by atoms with E-state index in [2.05, 4.69) is 9.97 Å².